The molecule has 0 aliphatic carbocycles. The van der Waals surface area contributed by atoms with Crippen molar-refractivity contribution in [1.82, 2.24) is 4.98 Å². The number of anilines is 1. The summed E-state index contributed by atoms with van der Waals surface area (Å²) in [5.74, 6) is 0.332. The van der Waals surface area contributed by atoms with Crippen molar-refractivity contribution in [2.75, 3.05) is 19.0 Å². The number of rotatable bonds is 1. The molecule has 1 heterocycles. The van der Waals surface area contributed by atoms with Gasteiger partial charge < -0.3 is 4.90 Å². The molecule has 0 fully saturated rings. The molecule has 4 heteroatoms. The molecule has 80 valence electrons. The molecule has 16 heavy (non-hydrogen) atoms. The molecule has 2 rings (SSSR count). The van der Waals surface area contributed by atoms with Gasteiger partial charge in [-0.15, -0.1) is 0 Å². The molecule has 0 atom stereocenters. The van der Waals surface area contributed by atoms with E-state index in [1.807, 2.05) is 19.0 Å². The van der Waals surface area contributed by atoms with Gasteiger partial charge >= 0.3 is 0 Å². The van der Waals surface area contributed by atoms with Gasteiger partial charge in [0.25, 0.3) is 0 Å². The van der Waals surface area contributed by atoms with Crippen molar-refractivity contribution in [3.05, 3.63) is 35.6 Å². The summed E-state index contributed by atoms with van der Waals surface area (Å²) in [6, 6.07) is 7.97. The van der Waals surface area contributed by atoms with E-state index in [2.05, 4.69) is 11.1 Å². The van der Waals surface area contributed by atoms with Gasteiger partial charge in [-0.2, -0.15) is 5.26 Å². The number of nitrogens with zero attached hydrogens (tertiary/aromatic N) is 3. The van der Waals surface area contributed by atoms with E-state index in [0.29, 0.717) is 22.3 Å². The molecule has 0 bridgehead atoms. The number of pyridine rings is 1. The molecule has 0 spiro atoms. The summed E-state index contributed by atoms with van der Waals surface area (Å²) >= 11 is 0. The lowest BCUT2D eigenvalue weighted by Crippen LogP contribution is -2.10. The Labute approximate surface area is 92.7 Å². The molecule has 0 aliphatic heterocycles. The van der Waals surface area contributed by atoms with E-state index in [1.54, 1.807) is 12.1 Å². The van der Waals surface area contributed by atoms with Gasteiger partial charge in [-0.3, -0.25) is 0 Å². The van der Waals surface area contributed by atoms with Crippen LogP contribution in [0.5, 0.6) is 0 Å². The Hall–Kier alpha value is -2.15. The van der Waals surface area contributed by atoms with Crippen LogP contribution in [0.4, 0.5) is 10.2 Å². The highest BCUT2D eigenvalue weighted by Gasteiger charge is 2.07. The second-order valence-electron chi connectivity index (χ2n) is 3.70. The van der Waals surface area contributed by atoms with Crippen molar-refractivity contribution in [2.24, 2.45) is 0 Å². The highest BCUT2D eigenvalue weighted by Crippen LogP contribution is 2.22. The minimum atomic E-state index is -0.358. The van der Waals surface area contributed by atoms with Crippen LogP contribution in [0.2, 0.25) is 0 Å². The van der Waals surface area contributed by atoms with Crippen LogP contribution in [0, 0.1) is 17.1 Å². The van der Waals surface area contributed by atoms with Gasteiger partial charge in [-0.1, -0.05) is 0 Å². The minimum Gasteiger partial charge on any atom is -0.363 e. The maximum Gasteiger partial charge on any atom is 0.130 e. The summed E-state index contributed by atoms with van der Waals surface area (Å²) < 4.78 is 13.1. The summed E-state index contributed by atoms with van der Waals surface area (Å²) in [4.78, 5) is 6.14. The molecular formula is C12H10FN3. The average Bonchev–Trinajstić information content (AvgIpc) is 2.27. The molecule has 1 aromatic carbocycles. The quantitative estimate of drug-likeness (QED) is 0.732. The van der Waals surface area contributed by atoms with E-state index in [-0.39, 0.29) is 5.82 Å². The summed E-state index contributed by atoms with van der Waals surface area (Å²) in [6.45, 7) is 0. The zero-order valence-electron chi connectivity index (χ0n) is 9.03. The largest absolute Gasteiger partial charge is 0.363 e. The zero-order valence-corrected chi connectivity index (χ0v) is 9.03. The Balaban J connectivity index is 2.80. The maximum atomic E-state index is 13.1. The fraction of sp³-hybridized carbons (Fsp3) is 0.167. The Bertz CT molecular complexity index is 585. The van der Waals surface area contributed by atoms with Crippen molar-refractivity contribution in [2.45, 2.75) is 0 Å². The second kappa shape index (κ2) is 3.78. The molecule has 3 nitrogen and oxygen atoms in total. The second-order valence-corrected chi connectivity index (χ2v) is 3.70. The predicted octanol–water partition coefficient (Wildman–Crippen LogP) is 2.31. The minimum absolute atomic E-state index is 0.358. The maximum absolute atomic E-state index is 13.1. The first-order valence-corrected chi connectivity index (χ1v) is 4.79. The number of benzene rings is 1. The summed E-state index contributed by atoms with van der Waals surface area (Å²) in [5, 5.41) is 9.56. The fourth-order valence-corrected chi connectivity index (χ4v) is 1.51. The first-order valence-electron chi connectivity index (χ1n) is 4.79. The molecule has 0 radical (unpaired) electrons. The molecule has 0 amide bonds. The van der Waals surface area contributed by atoms with Crippen molar-refractivity contribution >= 4 is 16.7 Å². The van der Waals surface area contributed by atoms with Crippen LogP contribution in [-0.2, 0) is 0 Å². The van der Waals surface area contributed by atoms with Crippen LogP contribution in [-0.4, -0.2) is 19.1 Å². The van der Waals surface area contributed by atoms with Crippen LogP contribution in [0.3, 0.4) is 0 Å². The Morgan fingerprint density at radius 3 is 2.69 bits per heavy atom. The fourth-order valence-electron chi connectivity index (χ4n) is 1.51. The van der Waals surface area contributed by atoms with Crippen molar-refractivity contribution in [3.63, 3.8) is 0 Å². The van der Waals surface area contributed by atoms with E-state index in [1.165, 1.54) is 12.1 Å². The Morgan fingerprint density at radius 1 is 1.31 bits per heavy atom. The molecule has 1 aromatic heterocycles. The first kappa shape index (κ1) is 10.4. The third kappa shape index (κ3) is 1.68. The topological polar surface area (TPSA) is 39.9 Å². The molecule has 2 aromatic rings. The van der Waals surface area contributed by atoms with Gasteiger partial charge in [0, 0.05) is 19.5 Å². The number of halogens is 1. The lowest BCUT2D eigenvalue weighted by molar-refractivity contribution is 0.629. The SMILES string of the molecule is CN(C)c1cc(C#N)c2cc(F)ccc2n1. The predicted molar refractivity (Wildman–Crippen MR) is 60.7 cm³/mol. The van der Waals surface area contributed by atoms with Crippen molar-refractivity contribution in [1.29, 1.82) is 5.26 Å². The monoisotopic (exact) mass is 215 g/mol. The average molecular weight is 215 g/mol. The lowest BCUT2D eigenvalue weighted by atomic mass is 10.1. The van der Waals surface area contributed by atoms with Crippen molar-refractivity contribution in [3.8, 4) is 6.07 Å². The van der Waals surface area contributed by atoms with Gasteiger partial charge in [0.1, 0.15) is 11.6 Å². The van der Waals surface area contributed by atoms with Gasteiger partial charge in [-0.05, 0) is 24.3 Å². The highest BCUT2D eigenvalue weighted by molar-refractivity contribution is 5.86. The molecular weight excluding hydrogens is 205 g/mol. The van der Waals surface area contributed by atoms with E-state index in [9.17, 15) is 4.39 Å². The summed E-state index contributed by atoms with van der Waals surface area (Å²) in [7, 11) is 3.69. The van der Waals surface area contributed by atoms with Crippen molar-refractivity contribution < 1.29 is 4.39 Å². The number of hydrogen-bond acceptors (Lipinski definition) is 3. The Morgan fingerprint density at radius 2 is 2.06 bits per heavy atom. The van der Waals surface area contributed by atoms with Gasteiger partial charge in [0.05, 0.1) is 17.1 Å². The molecule has 0 N–H and O–H groups in total. The van der Waals surface area contributed by atoms with E-state index < -0.39 is 0 Å². The lowest BCUT2D eigenvalue weighted by Gasteiger charge is -2.12. The molecule has 0 saturated carbocycles. The number of nitriles is 1. The summed E-state index contributed by atoms with van der Waals surface area (Å²) in [6.07, 6.45) is 0. The van der Waals surface area contributed by atoms with Crippen LogP contribution < -0.4 is 4.90 Å². The number of hydrogen-bond donors (Lipinski definition) is 0. The molecule has 0 aliphatic rings. The normalized spacial score (nSPS) is 10.1. The van der Waals surface area contributed by atoms with E-state index >= 15 is 0 Å². The smallest absolute Gasteiger partial charge is 0.130 e. The van der Waals surface area contributed by atoms with E-state index in [0.717, 1.165) is 0 Å². The van der Waals surface area contributed by atoms with E-state index in [4.69, 9.17) is 5.26 Å². The highest BCUT2D eigenvalue weighted by atomic mass is 19.1. The Kier molecular flexibility index (Phi) is 2.45. The van der Waals surface area contributed by atoms with Crippen LogP contribution in [0.1, 0.15) is 5.56 Å². The van der Waals surface area contributed by atoms with Gasteiger partial charge in [-0.25, -0.2) is 9.37 Å². The van der Waals surface area contributed by atoms with Crippen LogP contribution in [0.25, 0.3) is 10.9 Å². The van der Waals surface area contributed by atoms with Crippen LogP contribution >= 0.6 is 0 Å². The van der Waals surface area contributed by atoms with Crippen LogP contribution in [0.15, 0.2) is 24.3 Å². The molecule has 0 saturated heterocycles. The first-order chi connectivity index (χ1) is 7.61. The number of aromatic nitrogens is 1. The third-order valence-corrected chi connectivity index (χ3v) is 2.34. The third-order valence-electron chi connectivity index (χ3n) is 2.34. The molecule has 0 unspecified atom stereocenters. The standard InChI is InChI=1S/C12H10FN3/c1-16(2)12-5-8(7-14)10-6-9(13)3-4-11(10)15-12/h3-6H,1-2H3. The summed E-state index contributed by atoms with van der Waals surface area (Å²) in [5.41, 5.74) is 1.07. The van der Waals surface area contributed by atoms with Gasteiger partial charge in [0.15, 0.2) is 0 Å². The van der Waals surface area contributed by atoms with Gasteiger partial charge in [0.2, 0.25) is 0 Å². The zero-order chi connectivity index (χ0) is 11.7. The number of fused-ring (bicyclic) bond motifs is 1.